The van der Waals surface area contributed by atoms with Gasteiger partial charge in [-0.2, -0.15) is 0 Å². The molecule has 0 saturated carbocycles. The van der Waals surface area contributed by atoms with Gasteiger partial charge < -0.3 is 29.0 Å². The van der Waals surface area contributed by atoms with Crippen LogP contribution in [-0.4, -0.2) is 51.9 Å². The van der Waals surface area contributed by atoms with Crippen molar-refractivity contribution in [2.75, 3.05) is 39.4 Å². The summed E-state index contributed by atoms with van der Waals surface area (Å²) < 4.78 is 26.1. The monoisotopic (exact) mass is 479 g/mol. The van der Waals surface area contributed by atoms with Gasteiger partial charge in [-0.15, -0.1) is 0 Å². The maximum atomic E-state index is 12.3. The Morgan fingerprint density at radius 3 is 2.00 bits per heavy atom. The summed E-state index contributed by atoms with van der Waals surface area (Å²) in [5.74, 6) is -0.275. The lowest BCUT2D eigenvalue weighted by molar-refractivity contribution is -0.118. The van der Waals surface area contributed by atoms with Crippen LogP contribution < -0.4 is 19.5 Å². The molecule has 3 rings (SSSR count). The Kier molecular flexibility index (Phi) is 9.07. The topological polar surface area (TPSA) is 109 Å². The van der Waals surface area contributed by atoms with Crippen LogP contribution in [-0.2, 0) is 14.3 Å². The van der Waals surface area contributed by atoms with Crippen molar-refractivity contribution in [3.63, 3.8) is 0 Å². The molecule has 0 aliphatic rings. The molecule has 3 aromatic rings. The average Bonchev–Trinajstić information content (AvgIpc) is 2.90. The van der Waals surface area contributed by atoms with Gasteiger partial charge in [-0.05, 0) is 54.6 Å². The Hall–Kier alpha value is -4.53. The molecule has 182 valence electrons. The molecule has 0 fully saturated rings. The van der Waals surface area contributed by atoms with Crippen molar-refractivity contribution in [1.29, 1.82) is 0 Å². The average molecular weight is 479 g/mol. The number of hydrogen-bond acceptors (Lipinski definition) is 8. The summed E-state index contributed by atoms with van der Waals surface area (Å²) in [6, 6.07) is 19.8. The van der Waals surface area contributed by atoms with E-state index in [0.29, 0.717) is 17.0 Å². The van der Waals surface area contributed by atoms with E-state index in [1.807, 2.05) is 0 Å². The van der Waals surface area contributed by atoms with Crippen molar-refractivity contribution in [2.24, 2.45) is 0 Å². The molecule has 0 bridgehead atoms. The van der Waals surface area contributed by atoms with Crippen LogP contribution in [0.1, 0.15) is 20.7 Å². The van der Waals surface area contributed by atoms with Crippen molar-refractivity contribution >= 4 is 23.5 Å². The van der Waals surface area contributed by atoms with Crippen LogP contribution >= 0.6 is 0 Å². The van der Waals surface area contributed by atoms with Gasteiger partial charge in [-0.3, -0.25) is 4.79 Å². The number of ether oxygens (including phenoxy) is 5. The number of anilines is 1. The van der Waals surface area contributed by atoms with Crippen LogP contribution in [0.5, 0.6) is 17.2 Å². The van der Waals surface area contributed by atoms with E-state index in [2.05, 4.69) is 5.32 Å². The van der Waals surface area contributed by atoms with E-state index in [1.54, 1.807) is 61.7 Å². The van der Waals surface area contributed by atoms with Gasteiger partial charge in [0.15, 0.2) is 18.1 Å². The first-order chi connectivity index (χ1) is 17.0. The fourth-order valence-corrected chi connectivity index (χ4v) is 2.94. The highest BCUT2D eigenvalue weighted by Crippen LogP contribution is 2.28. The number of methoxy groups -OCH3 is 2. The van der Waals surface area contributed by atoms with E-state index in [-0.39, 0.29) is 42.8 Å². The number of carbonyl (C=O) groups excluding carboxylic acids is 3. The number of benzene rings is 3. The van der Waals surface area contributed by atoms with Crippen LogP contribution in [0.15, 0.2) is 72.8 Å². The quantitative estimate of drug-likeness (QED) is 0.327. The summed E-state index contributed by atoms with van der Waals surface area (Å²) in [5, 5.41) is 2.71. The van der Waals surface area contributed by atoms with Gasteiger partial charge in [0.1, 0.15) is 19.0 Å². The third kappa shape index (κ3) is 7.50. The van der Waals surface area contributed by atoms with Gasteiger partial charge in [0.2, 0.25) is 0 Å². The largest absolute Gasteiger partial charge is 0.497 e. The SMILES string of the molecule is COc1ccc(NC(=O)COc2ccc(C(=O)OCCOC(=O)c3ccccc3)cc2OC)cc1. The van der Waals surface area contributed by atoms with Gasteiger partial charge in [-0.1, -0.05) is 18.2 Å². The molecule has 0 heterocycles. The van der Waals surface area contributed by atoms with Crippen LogP contribution in [0, 0.1) is 0 Å². The summed E-state index contributed by atoms with van der Waals surface area (Å²) >= 11 is 0. The molecule has 0 radical (unpaired) electrons. The van der Waals surface area contributed by atoms with E-state index < -0.39 is 11.9 Å². The normalized spacial score (nSPS) is 10.1. The molecule has 0 unspecified atom stereocenters. The molecular weight excluding hydrogens is 454 g/mol. The minimum Gasteiger partial charge on any atom is -0.497 e. The number of carbonyl (C=O) groups is 3. The molecule has 1 amide bonds. The van der Waals surface area contributed by atoms with Gasteiger partial charge in [-0.25, -0.2) is 9.59 Å². The zero-order valence-corrected chi connectivity index (χ0v) is 19.3. The summed E-state index contributed by atoms with van der Waals surface area (Å²) in [6.45, 7) is -0.455. The fraction of sp³-hybridized carbons (Fsp3) is 0.192. The van der Waals surface area contributed by atoms with Crippen LogP contribution in [0.2, 0.25) is 0 Å². The highest BCUT2D eigenvalue weighted by molar-refractivity contribution is 5.92. The lowest BCUT2D eigenvalue weighted by Gasteiger charge is -2.12. The van der Waals surface area contributed by atoms with E-state index in [0.717, 1.165) is 0 Å². The first kappa shape index (κ1) is 25.1. The molecule has 1 N–H and O–H groups in total. The molecule has 9 nitrogen and oxygen atoms in total. The van der Waals surface area contributed by atoms with E-state index in [4.69, 9.17) is 23.7 Å². The maximum Gasteiger partial charge on any atom is 0.338 e. The van der Waals surface area contributed by atoms with Crippen molar-refractivity contribution < 1.29 is 38.1 Å². The smallest absolute Gasteiger partial charge is 0.338 e. The maximum absolute atomic E-state index is 12.3. The third-order valence-corrected chi connectivity index (χ3v) is 4.69. The Morgan fingerprint density at radius 1 is 0.714 bits per heavy atom. The molecule has 0 aromatic heterocycles. The standard InChI is InChI=1S/C26H25NO8/c1-31-21-11-9-20(10-12-21)27-24(28)17-35-22-13-8-19(16-23(22)32-2)26(30)34-15-14-33-25(29)18-6-4-3-5-7-18/h3-13,16H,14-15,17H2,1-2H3,(H,27,28). The van der Waals surface area contributed by atoms with Crippen molar-refractivity contribution in [1.82, 2.24) is 0 Å². The van der Waals surface area contributed by atoms with Crippen molar-refractivity contribution in [3.8, 4) is 17.2 Å². The molecule has 3 aromatic carbocycles. The van der Waals surface area contributed by atoms with Gasteiger partial charge >= 0.3 is 11.9 Å². The van der Waals surface area contributed by atoms with E-state index >= 15 is 0 Å². The summed E-state index contributed by atoms with van der Waals surface area (Å²) in [7, 11) is 2.97. The van der Waals surface area contributed by atoms with E-state index in [9.17, 15) is 14.4 Å². The molecule has 0 aliphatic carbocycles. The number of esters is 2. The first-order valence-electron chi connectivity index (χ1n) is 10.6. The second-order valence-corrected chi connectivity index (χ2v) is 7.07. The molecule has 0 saturated heterocycles. The van der Waals surface area contributed by atoms with Gasteiger partial charge in [0.05, 0.1) is 25.3 Å². The number of rotatable bonds is 11. The predicted molar refractivity (Wildman–Crippen MR) is 127 cm³/mol. The van der Waals surface area contributed by atoms with Crippen molar-refractivity contribution in [3.05, 3.63) is 83.9 Å². The first-order valence-corrected chi connectivity index (χ1v) is 10.6. The Morgan fingerprint density at radius 2 is 1.37 bits per heavy atom. The number of hydrogen-bond donors (Lipinski definition) is 1. The highest BCUT2D eigenvalue weighted by Gasteiger charge is 2.14. The Balaban J connectivity index is 1.47. The molecule has 0 atom stereocenters. The zero-order chi connectivity index (χ0) is 25.0. The highest BCUT2D eigenvalue weighted by atomic mass is 16.6. The Bertz CT molecular complexity index is 1150. The molecule has 9 heteroatoms. The second kappa shape index (κ2) is 12.6. The summed E-state index contributed by atoms with van der Waals surface area (Å²) in [4.78, 5) is 36.4. The van der Waals surface area contributed by atoms with Gasteiger partial charge in [0, 0.05) is 5.69 Å². The number of nitrogens with one attached hydrogen (secondary N) is 1. The summed E-state index contributed by atoms with van der Waals surface area (Å²) in [6.07, 6.45) is 0. The zero-order valence-electron chi connectivity index (χ0n) is 19.3. The summed E-state index contributed by atoms with van der Waals surface area (Å²) in [5.41, 5.74) is 1.22. The van der Waals surface area contributed by atoms with Crippen molar-refractivity contribution in [2.45, 2.75) is 0 Å². The lowest BCUT2D eigenvalue weighted by Crippen LogP contribution is -2.20. The van der Waals surface area contributed by atoms with Gasteiger partial charge in [0.25, 0.3) is 5.91 Å². The molecule has 0 aliphatic heterocycles. The van der Waals surface area contributed by atoms with Crippen LogP contribution in [0.3, 0.4) is 0 Å². The molecule has 0 spiro atoms. The predicted octanol–water partition coefficient (Wildman–Crippen LogP) is 3.74. The minimum absolute atomic E-state index is 0.0822. The molecular formula is C26H25NO8. The van der Waals surface area contributed by atoms with Crippen LogP contribution in [0.4, 0.5) is 5.69 Å². The Labute approximate surface area is 202 Å². The lowest BCUT2D eigenvalue weighted by atomic mass is 10.2. The minimum atomic E-state index is -0.622. The second-order valence-electron chi connectivity index (χ2n) is 7.07. The van der Waals surface area contributed by atoms with Crippen LogP contribution in [0.25, 0.3) is 0 Å². The van der Waals surface area contributed by atoms with E-state index in [1.165, 1.54) is 25.3 Å². The fourth-order valence-electron chi connectivity index (χ4n) is 2.94. The third-order valence-electron chi connectivity index (χ3n) is 4.69. The number of amides is 1. The molecule has 35 heavy (non-hydrogen) atoms.